The van der Waals surface area contributed by atoms with E-state index >= 15 is 0 Å². The molecule has 0 aliphatic carbocycles. The lowest BCUT2D eigenvalue weighted by molar-refractivity contribution is 0.141. The summed E-state index contributed by atoms with van der Waals surface area (Å²) in [6.45, 7) is 13.6. The smallest absolute Gasteiger partial charge is 0.192 e. The predicted octanol–water partition coefficient (Wildman–Crippen LogP) is 1.58. The van der Waals surface area contributed by atoms with Gasteiger partial charge >= 0.3 is 0 Å². The lowest BCUT2D eigenvalue weighted by Gasteiger charge is -2.19. The van der Waals surface area contributed by atoms with E-state index in [0.29, 0.717) is 0 Å². The molecule has 0 unspecified atom stereocenters. The zero-order chi connectivity index (χ0) is 8.20. The van der Waals surface area contributed by atoms with Crippen LogP contribution in [0.2, 0.25) is 0 Å². The van der Waals surface area contributed by atoms with Crippen LogP contribution in [0.5, 0.6) is 0 Å². The van der Waals surface area contributed by atoms with Gasteiger partial charge in [0.1, 0.15) is 0 Å². The fourth-order valence-electron chi connectivity index (χ4n) is 0.368. The molecule has 0 radical (unpaired) electrons. The first-order valence-electron chi connectivity index (χ1n) is 3.40. The van der Waals surface area contributed by atoms with Gasteiger partial charge in [-0.25, -0.2) is 0 Å². The summed E-state index contributed by atoms with van der Waals surface area (Å²) in [5.74, 6) is 0. The Morgan fingerprint density at radius 2 is 2.00 bits per heavy atom. The van der Waals surface area contributed by atoms with Crippen LogP contribution in [-0.4, -0.2) is 15.4 Å². The average Bonchev–Trinajstić information content (AvgIpc) is 1.81. The molecule has 0 saturated heterocycles. The van der Waals surface area contributed by atoms with Gasteiger partial charge in [0.2, 0.25) is 0 Å². The zero-order valence-corrected chi connectivity index (χ0v) is 8.52. The van der Waals surface area contributed by atoms with E-state index in [1.165, 1.54) is 0 Å². The van der Waals surface area contributed by atoms with Crippen LogP contribution in [0, 0.1) is 0 Å². The lowest BCUT2D eigenvalue weighted by atomic mass is 10.2. The topological polar surface area (TPSA) is 9.23 Å². The van der Waals surface area contributed by atoms with Gasteiger partial charge < -0.3 is 4.43 Å². The van der Waals surface area contributed by atoms with E-state index in [9.17, 15) is 0 Å². The fourth-order valence-corrected chi connectivity index (χ4v) is 1.10. The molecule has 0 aliphatic heterocycles. The second-order valence-corrected chi connectivity index (χ2v) is 4.75. The highest BCUT2D eigenvalue weighted by atomic mass is 28.2. The second kappa shape index (κ2) is 3.74. The number of hydrogen-bond donors (Lipinski definition) is 0. The number of allylic oxidation sites excluding steroid dienone is 2. The first-order valence-corrected chi connectivity index (χ1v) is 4.68. The van der Waals surface area contributed by atoms with Gasteiger partial charge in [-0.15, -0.1) is 0 Å². The molecule has 0 bridgehead atoms. The van der Waals surface area contributed by atoms with Crippen molar-refractivity contribution >= 4 is 9.76 Å². The Labute approximate surface area is 65.7 Å². The molecule has 0 rings (SSSR count). The second-order valence-electron chi connectivity index (χ2n) is 3.26. The highest BCUT2D eigenvalue weighted by molar-refractivity contribution is 6.39. The van der Waals surface area contributed by atoms with E-state index in [0.717, 1.165) is 5.20 Å². The van der Waals surface area contributed by atoms with E-state index in [4.69, 9.17) is 4.43 Å². The Balaban J connectivity index is 3.55. The van der Waals surface area contributed by atoms with Crippen LogP contribution in [0.4, 0.5) is 0 Å². The Morgan fingerprint density at radius 1 is 1.50 bits per heavy atom. The van der Waals surface area contributed by atoms with Crippen LogP contribution in [-0.2, 0) is 4.43 Å². The van der Waals surface area contributed by atoms with Crippen LogP contribution in [0.3, 0.4) is 0 Å². The lowest BCUT2D eigenvalue weighted by Crippen LogP contribution is -2.22. The van der Waals surface area contributed by atoms with Gasteiger partial charge in [0, 0.05) is 5.60 Å². The van der Waals surface area contributed by atoms with E-state index in [2.05, 4.69) is 33.9 Å². The van der Waals surface area contributed by atoms with Crippen molar-refractivity contribution in [2.24, 2.45) is 0 Å². The summed E-state index contributed by atoms with van der Waals surface area (Å²) in [6.07, 6.45) is 1.78. The maximum Gasteiger partial charge on any atom is 0.192 e. The first kappa shape index (κ1) is 9.66. The highest BCUT2D eigenvalue weighted by Gasteiger charge is 2.08. The molecular formula is C8H16OSi. The number of hydrogen-bond acceptors (Lipinski definition) is 1. The summed E-state index contributed by atoms with van der Waals surface area (Å²) in [5.41, 5.74) is -0.0157. The molecule has 0 fully saturated rings. The standard InChI is InChI=1S/C8H16OSi/c1-6-7(2)10-9-8(3,4)5/h6H,1-2,10H2,3-5H3. The molecule has 1 nitrogen and oxygen atoms in total. The first-order chi connectivity index (χ1) is 4.45. The predicted molar refractivity (Wildman–Crippen MR) is 48.7 cm³/mol. The van der Waals surface area contributed by atoms with Gasteiger partial charge in [0.25, 0.3) is 0 Å². The van der Waals surface area contributed by atoms with Crippen molar-refractivity contribution < 1.29 is 4.43 Å². The minimum absolute atomic E-state index is 0.0157. The molecule has 0 saturated carbocycles. The quantitative estimate of drug-likeness (QED) is 0.445. The highest BCUT2D eigenvalue weighted by Crippen LogP contribution is 2.06. The third kappa shape index (κ3) is 5.79. The third-order valence-electron chi connectivity index (χ3n) is 0.979. The zero-order valence-electron chi connectivity index (χ0n) is 7.11. The Kier molecular flexibility index (Phi) is 3.61. The largest absolute Gasteiger partial charge is 0.414 e. The molecule has 0 amide bonds. The van der Waals surface area contributed by atoms with Gasteiger partial charge in [-0.1, -0.05) is 19.2 Å². The molecule has 0 N–H and O–H groups in total. The third-order valence-corrected chi connectivity index (χ3v) is 2.65. The van der Waals surface area contributed by atoms with Crippen molar-refractivity contribution in [3.63, 3.8) is 0 Å². The maximum absolute atomic E-state index is 5.55. The molecule has 0 aromatic rings. The molecule has 0 spiro atoms. The van der Waals surface area contributed by atoms with Crippen LogP contribution in [0.25, 0.3) is 0 Å². The molecule has 0 aromatic carbocycles. The van der Waals surface area contributed by atoms with Crippen molar-refractivity contribution in [3.8, 4) is 0 Å². The van der Waals surface area contributed by atoms with Gasteiger partial charge in [-0.3, -0.25) is 0 Å². The summed E-state index contributed by atoms with van der Waals surface area (Å²) in [4.78, 5) is 0. The van der Waals surface area contributed by atoms with E-state index < -0.39 is 9.76 Å². The molecule has 0 heterocycles. The minimum Gasteiger partial charge on any atom is -0.414 e. The molecule has 0 atom stereocenters. The van der Waals surface area contributed by atoms with Crippen molar-refractivity contribution in [3.05, 3.63) is 24.4 Å². The summed E-state index contributed by atoms with van der Waals surface area (Å²) in [5, 5.41) is 1.06. The maximum atomic E-state index is 5.55. The van der Waals surface area contributed by atoms with Gasteiger partial charge in [0.05, 0.1) is 0 Å². The molecule has 0 aliphatic rings. The number of rotatable bonds is 3. The van der Waals surface area contributed by atoms with Crippen molar-refractivity contribution in [1.82, 2.24) is 0 Å². The SMILES string of the molecule is C=CC(=C)[SiH2]OC(C)(C)C. The molecule has 10 heavy (non-hydrogen) atoms. The van der Waals surface area contributed by atoms with E-state index in [1.807, 2.05) is 0 Å². The monoisotopic (exact) mass is 156 g/mol. The van der Waals surface area contributed by atoms with Crippen LogP contribution >= 0.6 is 0 Å². The Morgan fingerprint density at radius 3 is 2.30 bits per heavy atom. The fraction of sp³-hybridized carbons (Fsp3) is 0.500. The molecule has 0 aromatic heterocycles. The van der Waals surface area contributed by atoms with Crippen molar-refractivity contribution in [1.29, 1.82) is 0 Å². The minimum atomic E-state index is -0.581. The van der Waals surface area contributed by atoms with E-state index in [-0.39, 0.29) is 5.60 Å². The van der Waals surface area contributed by atoms with Gasteiger partial charge in [-0.05, 0) is 26.0 Å². The van der Waals surface area contributed by atoms with Gasteiger partial charge in [-0.2, -0.15) is 0 Å². The molecular weight excluding hydrogens is 140 g/mol. The van der Waals surface area contributed by atoms with Crippen LogP contribution in [0.15, 0.2) is 24.4 Å². The average molecular weight is 156 g/mol. The Hall–Kier alpha value is -0.343. The van der Waals surface area contributed by atoms with Gasteiger partial charge in [0.15, 0.2) is 9.76 Å². The van der Waals surface area contributed by atoms with Crippen molar-refractivity contribution in [2.45, 2.75) is 26.4 Å². The van der Waals surface area contributed by atoms with Crippen molar-refractivity contribution in [2.75, 3.05) is 0 Å². The Bertz CT molecular complexity index is 133. The summed E-state index contributed by atoms with van der Waals surface area (Å²) in [6, 6.07) is 0. The van der Waals surface area contributed by atoms with E-state index in [1.54, 1.807) is 6.08 Å². The molecule has 2 heteroatoms. The summed E-state index contributed by atoms with van der Waals surface area (Å²) >= 11 is 0. The van der Waals surface area contributed by atoms with Crippen LogP contribution in [0.1, 0.15) is 20.8 Å². The normalized spacial score (nSPS) is 12.3. The molecule has 58 valence electrons. The summed E-state index contributed by atoms with van der Waals surface area (Å²) in [7, 11) is -0.581. The van der Waals surface area contributed by atoms with Crippen LogP contribution < -0.4 is 0 Å². The summed E-state index contributed by atoms with van der Waals surface area (Å²) < 4.78 is 5.55.